The molecule has 0 aliphatic carbocycles. The van der Waals surface area contributed by atoms with Crippen LogP contribution in [0.4, 0.5) is 0 Å². The van der Waals surface area contributed by atoms with Gasteiger partial charge in [-0.25, -0.2) is 13.1 Å². The lowest BCUT2D eigenvalue weighted by atomic mass is 10.2. The SMILES string of the molecule is CC(C)c1nc(CN(C)C2CCN(CCNS(C)(=O)=O)C2)no1. The Bertz CT molecular complexity index is 601. The minimum Gasteiger partial charge on any atom is -0.339 e. The van der Waals surface area contributed by atoms with Crippen LogP contribution in [0, 0.1) is 0 Å². The van der Waals surface area contributed by atoms with E-state index < -0.39 is 10.0 Å². The normalized spacial score (nSPS) is 20.0. The van der Waals surface area contributed by atoms with Crippen LogP contribution in [0.15, 0.2) is 4.52 Å². The zero-order chi connectivity index (χ0) is 17.0. The largest absolute Gasteiger partial charge is 0.339 e. The van der Waals surface area contributed by atoms with Gasteiger partial charge < -0.3 is 9.42 Å². The minimum atomic E-state index is -3.11. The molecule has 23 heavy (non-hydrogen) atoms. The molecule has 1 atom stereocenters. The number of likely N-dealkylation sites (tertiary alicyclic amines) is 1. The average Bonchev–Trinajstić information content (AvgIpc) is 3.06. The molecule has 8 nitrogen and oxygen atoms in total. The van der Waals surface area contributed by atoms with Gasteiger partial charge in [-0.1, -0.05) is 19.0 Å². The van der Waals surface area contributed by atoms with E-state index in [1.54, 1.807) is 0 Å². The van der Waals surface area contributed by atoms with E-state index in [-0.39, 0.29) is 5.92 Å². The lowest BCUT2D eigenvalue weighted by Crippen LogP contribution is -2.37. The molecule has 2 rings (SSSR count). The molecule has 1 N–H and O–H groups in total. The van der Waals surface area contributed by atoms with Crippen molar-refractivity contribution in [1.82, 2.24) is 24.7 Å². The zero-order valence-electron chi connectivity index (χ0n) is 14.3. The second-order valence-corrected chi connectivity index (χ2v) is 8.36. The van der Waals surface area contributed by atoms with Crippen molar-refractivity contribution >= 4 is 10.0 Å². The first kappa shape index (κ1) is 18.3. The van der Waals surface area contributed by atoms with Crippen LogP contribution in [0.1, 0.15) is 37.9 Å². The maximum atomic E-state index is 11.1. The molecule has 1 aromatic rings. The maximum Gasteiger partial charge on any atom is 0.229 e. The first-order chi connectivity index (χ1) is 10.7. The Morgan fingerprint density at radius 1 is 1.48 bits per heavy atom. The summed E-state index contributed by atoms with van der Waals surface area (Å²) in [5.74, 6) is 1.63. The highest BCUT2D eigenvalue weighted by Gasteiger charge is 2.26. The number of sulfonamides is 1. The van der Waals surface area contributed by atoms with Gasteiger partial charge in [-0.05, 0) is 20.0 Å². The molecule has 1 unspecified atom stereocenters. The third kappa shape index (κ3) is 5.83. The van der Waals surface area contributed by atoms with E-state index >= 15 is 0 Å². The summed E-state index contributed by atoms with van der Waals surface area (Å²) in [4.78, 5) is 8.92. The van der Waals surface area contributed by atoms with Gasteiger partial charge in [0.2, 0.25) is 15.9 Å². The van der Waals surface area contributed by atoms with Crippen LogP contribution in [-0.2, 0) is 16.6 Å². The Morgan fingerprint density at radius 2 is 2.22 bits per heavy atom. The van der Waals surface area contributed by atoms with Crippen LogP contribution < -0.4 is 4.72 Å². The Morgan fingerprint density at radius 3 is 2.83 bits per heavy atom. The fourth-order valence-electron chi connectivity index (χ4n) is 2.68. The molecule has 9 heteroatoms. The van der Waals surface area contributed by atoms with Crippen molar-refractivity contribution < 1.29 is 12.9 Å². The van der Waals surface area contributed by atoms with Crippen LogP contribution in [0.5, 0.6) is 0 Å². The quantitative estimate of drug-likeness (QED) is 0.722. The van der Waals surface area contributed by atoms with Gasteiger partial charge in [0.15, 0.2) is 5.82 Å². The van der Waals surface area contributed by atoms with Gasteiger partial charge in [-0.2, -0.15) is 4.98 Å². The molecule has 1 aromatic heterocycles. The van der Waals surface area contributed by atoms with Crippen LogP contribution >= 0.6 is 0 Å². The molecule has 1 aliphatic heterocycles. The topological polar surface area (TPSA) is 91.6 Å². The highest BCUT2D eigenvalue weighted by molar-refractivity contribution is 7.88. The number of hydrogen-bond donors (Lipinski definition) is 1. The van der Waals surface area contributed by atoms with E-state index in [1.807, 2.05) is 13.8 Å². The van der Waals surface area contributed by atoms with E-state index in [0.29, 0.717) is 30.8 Å². The minimum absolute atomic E-state index is 0.242. The summed E-state index contributed by atoms with van der Waals surface area (Å²) in [6.07, 6.45) is 2.24. The highest BCUT2D eigenvalue weighted by Crippen LogP contribution is 2.17. The number of rotatable bonds is 8. The van der Waals surface area contributed by atoms with Gasteiger partial charge in [-0.15, -0.1) is 0 Å². The molecule has 132 valence electrons. The Kier molecular flexibility index (Phi) is 6.12. The lowest BCUT2D eigenvalue weighted by Gasteiger charge is -2.23. The van der Waals surface area contributed by atoms with Gasteiger partial charge in [0.1, 0.15) is 0 Å². The van der Waals surface area contributed by atoms with E-state index in [0.717, 1.165) is 26.1 Å². The number of nitrogens with zero attached hydrogens (tertiary/aromatic N) is 4. The van der Waals surface area contributed by atoms with Gasteiger partial charge in [0, 0.05) is 31.6 Å². The number of aromatic nitrogens is 2. The van der Waals surface area contributed by atoms with Crippen molar-refractivity contribution in [2.45, 2.75) is 38.8 Å². The average molecular weight is 345 g/mol. The van der Waals surface area contributed by atoms with Gasteiger partial charge in [0.25, 0.3) is 0 Å². The van der Waals surface area contributed by atoms with E-state index in [1.165, 1.54) is 6.26 Å². The summed E-state index contributed by atoms with van der Waals surface area (Å²) in [5.41, 5.74) is 0. The fourth-order valence-corrected chi connectivity index (χ4v) is 3.14. The van der Waals surface area contributed by atoms with Crippen molar-refractivity contribution in [2.75, 3.05) is 39.5 Å². The van der Waals surface area contributed by atoms with Crippen molar-refractivity contribution in [2.24, 2.45) is 0 Å². The lowest BCUT2D eigenvalue weighted by molar-refractivity contribution is 0.218. The van der Waals surface area contributed by atoms with E-state index in [4.69, 9.17) is 4.52 Å². The predicted molar refractivity (Wildman–Crippen MR) is 87.5 cm³/mol. The molecule has 1 saturated heterocycles. The van der Waals surface area contributed by atoms with E-state index in [9.17, 15) is 8.42 Å². The Balaban J connectivity index is 1.76. The molecule has 0 spiro atoms. The van der Waals surface area contributed by atoms with Crippen LogP contribution in [0.2, 0.25) is 0 Å². The van der Waals surface area contributed by atoms with Crippen LogP contribution in [0.3, 0.4) is 0 Å². The standard InChI is InChI=1S/C14H27N5O3S/c1-11(2)14-16-13(17-22-14)10-18(3)12-5-7-19(9-12)8-6-15-23(4,20)21/h11-12,15H,5-10H2,1-4H3. The second-order valence-electron chi connectivity index (χ2n) is 6.53. The van der Waals surface area contributed by atoms with Gasteiger partial charge >= 0.3 is 0 Å². The molecule has 1 aliphatic rings. The third-order valence-corrected chi connectivity index (χ3v) is 4.76. The maximum absolute atomic E-state index is 11.1. The van der Waals surface area contributed by atoms with Gasteiger partial charge in [-0.3, -0.25) is 4.90 Å². The monoisotopic (exact) mass is 345 g/mol. The molecule has 2 heterocycles. The molecular formula is C14H27N5O3S. The molecule has 1 fully saturated rings. The van der Waals surface area contributed by atoms with E-state index in [2.05, 4.69) is 31.7 Å². The zero-order valence-corrected chi connectivity index (χ0v) is 15.1. The summed E-state index contributed by atoms with van der Waals surface area (Å²) in [7, 11) is -1.04. The highest BCUT2D eigenvalue weighted by atomic mass is 32.2. The fraction of sp³-hybridized carbons (Fsp3) is 0.857. The first-order valence-electron chi connectivity index (χ1n) is 7.94. The number of likely N-dealkylation sites (N-methyl/N-ethyl adjacent to an activating group) is 1. The predicted octanol–water partition coefficient (Wildman–Crippen LogP) is 0.248. The Hall–Kier alpha value is -1.03. The smallest absolute Gasteiger partial charge is 0.229 e. The van der Waals surface area contributed by atoms with Crippen LogP contribution in [0.25, 0.3) is 0 Å². The molecule has 0 radical (unpaired) electrons. The summed E-state index contributed by atoms with van der Waals surface area (Å²) < 4.78 is 29.9. The van der Waals surface area contributed by atoms with Crippen LogP contribution in [-0.4, -0.2) is 73.9 Å². The third-order valence-electron chi connectivity index (χ3n) is 4.03. The molecule has 0 aromatic carbocycles. The molecule has 0 amide bonds. The number of nitrogens with one attached hydrogen (secondary N) is 1. The van der Waals surface area contributed by atoms with Crippen molar-refractivity contribution in [3.05, 3.63) is 11.7 Å². The molecular weight excluding hydrogens is 318 g/mol. The second kappa shape index (κ2) is 7.69. The van der Waals surface area contributed by atoms with Crippen molar-refractivity contribution in [1.29, 1.82) is 0 Å². The summed E-state index contributed by atoms with van der Waals surface area (Å²) in [6, 6.07) is 0.425. The summed E-state index contributed by atoms with van der Waals surface area (Å²) >= 11 is 0. The molecule has 0 saturated carbocycles. The Labute approximate surface area is 138 Å². The number of hydrogen-bond acceptors (Lipinski definition) is 7. The first-order valence-corrected chi connectivity index (χ1v) is 9.83. The molecule has 0 bridgehead atoms. The van der Waals surface area contributed by atoms with Crippen molar-refractivity contribution in [3.63, 3.8) is 0 Å². The summed E-state index contributed by atoms with van der Waals surface area (Å²) in [5, 5.41) is 4.03. The van der Waals surface area contributed by atoms with Gasteiger partial charge in [0.05, 0.1) is 12.8 Å². The summed E-state index contributed by atoms with van der Waals surface area (Å²) in [6.45, 7) is 7.81. The van der Waals surface area contributed by atoms with Crippen molar-refractivity contribution in [3.8, 4) is 0 Å².